The van der Waals surface area contributed by atoms with E-state index in [-0.39, 0.29) is 11.8 Å². The normalized spacial score (nSPS) is 12.8. The van der Waals surface area contributed by atoms with E-state index in [4.69, 9.17) is 0 Å². The Labute approximate surface area is 78.8 Å². The predicted molar refractivity (Wildman–Crippen MR) is 51.6 cm³/mol. The highest BCUT2D eigenvalue weighted by molar-refractivity contribution is 5.81. The van der Waals surface area contributed by atoms with Crippen LogP contribution in [0.5, 0.6) is 0 Å². The van der Waals surface area contributed by atoms with Crippen LogP contribution < -0.4 is 0 Å². The van der Waals surface area contributed by atoms with Crippen molar-refractivity contribution in [1.82, 2.24) is 9.55 Å². The molecule has 0 aliphatic carbocycles. The Morgan fingerprint density at radius 3 is 2.85 bits per heavy atom. The van der Waals surface area contributed by atoms with Gasteiger partial charge in [-0.2, -0.15) is 0 Å². The zero-order valence-electron chi connectivity index (χ0n) is 8.45. The van der Waals surface area contributed by atoms with E-state index in [1.54, 1.807) is 6.20 Å². The van der Waals surface area contributed by atoms with Crippen LogP contribution >= 0.6 is 0 Å². The summed E-state index contributed by atoms with van der Waals surface area (Å²) in [6.45, 7) is 5.86. The van der Waals surface area contributed by atoms with Gasteiger partial charge in [0.1, 0.15) is 5.82 Å². The maximum absolute atomic E-state index is 11.4. The maximum Gasteiger partial charge on any atom is 0.155 e. The third-order valence-electron chi connectivity index (χ3n) is 2.30. The van der Waals surface area contributed by atoms with E-state index >= 15 is 0 Å². The number of carbonyl (C=O) groups excluding carboxylic acids is 1. The number of ketones is 1. The van der Waals surface area contributed by atoms with Crippen LogP contribution in [0.4, 0.5) is 0 Å². The van der Waals surface area contributed by atoms with Crippen molar-refractivity contribution in [1.29, 1.82) is 0 Å². The second-order valence-electron chi connectivity index (χ2n) is 3.10. The molecule has 1 unspecified atom stereocenters. The minimum Gasteiger partial charge on any atom is -0.325 e. The van der Waals surface area contributed by atoms with Gasteiger partial charge in [0.15, 0.2) is 5.78 Å². The maximum atomic E-state index is 11.4. The summed E-state index contributed by atoms with van der Waals surface area (Å²) in [5, 5.41) is 0. The number of aromatic nitrogens is 2. The number of aryl methyl sites for hydroxylation is 1. The summed E-state index contributed by atoms with van der Waals surface area (Å²) in [5.74, 6) is 1.24. The molecule has 0 aliphatic rings. The quantitative estimate of drug-likeness (QED) is 0.710. The minimum atomic E-state index is -0.0672. The molecule has 0 N–H and O–H groups in total. The van der Waals surface area contributed by atoms with Gasteiger partial charge in [0, 0.05) is 25.2 Å². The lowest BCUT2D eigenvalue weighted by atomic mass is 10.1. The number of rotatable bonds is 4. The number of nitrogens with zero attached hydrogens (tertiary/aromatic N) is 2. The van der Waals surface area contributed by atoms with Crippen molar-refractivity contribution in [3.63, 3.8) is 0 Å². The Bertz CT molecular complexity index is 291. The van der Waals surface area contributed by atoms with Gasteiger partial charge in [0.25, 0.3) is 0 Å². The Balaban J connectivity index is 2.87. The first-order valence-corrected chi connectivity index (χ1v) is 4.75. The molecule has 1 aromatic rings. The zero-order chi connectivity index (χ0) is 9.84. The molecule has 0 bridgehead atoms. The van der Waals surface area contributed by atoms with E-state index in [9.17, 15) is 4.79 Å². The molecule has 1 aromatic heterocycles. The first-order valence-electron chi connectivity index (χ1n) is 4.75. The minimum absolute atomic E-state index is 0.0672. The molecule has 0 radical (unpaired) electrons. The molecule has 0 spiro atoms. The van der Waals surface area contributed by atoms with Gasteiger partial charge < -0.3 is 4.57 Å². The summed E-state index contributed by atoms with van der Waals surface area (Å²) in [4.78, 5) is 15.6. The number of hydrogen-bond acceptors (Lipinski definition) is 2. The van der Waals surface area contributed by atoms with Gasteiger partial charge in [-0.25, -0.2) is 4.98 Å². The van der Waals surface area contributed by atoms with Crippen molar-refractivity contribution >= 4 is 5.78 Å². The van der Waals surface area contributed by atoms with Crippen LogP contribution in [0, 0.1) is 0 Å². The topological polar surface area (TPSA) is 34.9 Å². The van der Waals surface area contributed by atoms with Crippen molar-refractivity contribution in [3.8, 4) is 0 Å². The second-order valence-corrected chi connectivity index (χ2v) is 3.10. The average Bonchev–Trinajstić information content (AvgIpc) is 2.62. The first kappa shape index (κ1) is 9.96. The molecule has 0 amide bonds. The average molecular weight is 180 g/mol. The molecule has 0 fully saturated rings. The molecule has 3 heteroatoms. The SMILES string of the molecule is CCC(=O)C(C)n1ccnc1CC. The van der Waals surface area contributed by atoms with E-state index in [1.165, 1.54) is 0 Å². The fourth-order valence-electron chi connectivity index (χ4n) is 1.42. The van der Waals surface area contributed by atoms with Crippen LogP contribution in [0.1, 0.15) is 39.1 Å². The lowest BCUT2D eigenvalue weighted by Crippen LogP contribution is -2.16. The van der Waals surface area contributed by atoms with Gasteiger partial charge in [-0.1, -0.05) is 13.8 Å². The van der Waals surface area contributed by atoms with Crippen LogP contribution in [0.15, 0.2) is 12.4 Å². The fraction of sp³-hybridized carbons (Fsp3) is 0.600. The smallest absolute Gasteiger partial charge is 0.155 e. The van der Waals surface area contributed by atoms with Crippen LogP contribution in [0.2, 0.25) is 0 Å². The molecule has 13 heavy (non-hydrogen) atoms. The van der Waals surface area contributed by atoms with Gasteiger partial charge in [-0.05, 0) is 6.92 Å². The molecule has 0 aliphatic heterocycles. The Hall–Kier alpha value is -1.12. The lowest BCUT2D eigenvalue weighted by Gasteiger charge is -2.13. The Kier molecular flexibility index (Phi) is 3.23. The van der Waals surface area contributed by atoms with Crippen LogP contribution in [-0.4, -0.2) is 15.3 Å². The van der Waals surface area contributed by atoms with E-state index in [2.05, 4.69) is 4.98 Å². The summed E-state index contributed by atoms with van der Waals surface area (Å²) in [7, 11) is 0. The molecular weight excluding hydrogens is 164 g/mol. The molecule has 0 saturated carbocycles. The Morgan fingerprint density at radius 2 is 2.31 bits per heavy atom. The van der Waals surface area contributed by atoms with Gasteiger partial charge in [0.2, 0.25) is 0 Å². The summed E-state index contributed by atoms with van der Waals surface area (Å²) < 4.78 is 1.95. The molecule has 1 heterocycles. The highest BCUT2D eigenvalue weighted by atomic mass is 16.1. The molecule has 3 nitrogen and oxygen atoms in total. The highest BCUT2D eigenvalue weighted by Crippen LogP contribution is 2.12. The van der Waals surface area contributed by atoms with Gasteiger partial charge >= 0.3 is 0 Å². The van der Waals surface area contributed by atoms with Crippen molar-refractivity contribution in [3.05, 3.63) is 18.2 Å². The lowest BCUT2D eigenvalue weighted by molar-refractivity contribution is -0.121. The first-order chi connectivity index (χ1) is 6.20. The molecule has 0 aromatic carbocycles. The van der Waals surface area contributed by atoms with Gasteiger partial charge in [0.05, 0.1) is 6.04 Å². The molecule has 1 atom stereocenters. The zero-order valence-corrected chi connectivity index (χ0v) is 8.45. The third-order valence-corrected chi connectivity index (χ3v) is 2.30. The van der Waals surface area contributed by atoms with Gasteiger partial charge in [-0.3, -0.25) is 4.79 Å². The number of imidazole rings is 1. The molecule has 72 valence electrons. The van der Waals surface area contributed by atoms with E-state index in [0.29, 0.717) is 6.42 Å². The van der Waals surface area contributed by atoms with Crippen LogP contribution in [-0.2, 0) is 11.2 Å². The van der Waals surface area contributed by atoms with Crippen molar-refractivity contribution < 1.29 is 4.79 Å². The highest BCUT2D eigenvalue weighted by Gasteiger charge is 2.14. The summed E-state index contributed by atoms with van der Waals surface area (Å²) >= 11 is 0. The Morgan fingerprint density at radius 1 is 1.62 bits per heavy atom. The van der Waals surface area contributed by atoms with E-state index < -0.39 is 0 Å². The molecular formula is C10H16N2O. The summed E-state index contributed by atoms with van der Waals surface area (Å²) in [6.07, 6.45) is 5.08. The van der Waals surface area contributed by atoms with Crippen LogP contribution in [0.3, 0.4) is 0 Å². The van der Waals surface area contributed by atoms with Crippen LogP contribution in [0.25, 0.3) is 0 Å². The molecule has 0 saturated heterocycles. The summed E-state index contributed by atoms with van der Waals surface area (Å²) in [5.41, 5.74) is 0. The van der Waals surface area contributed by atoms with Crippen molar-refractivity contribution in [2.24, 2.45) is 0 Å². The second kappa shape index (κ2) is 4.21. The third kappa shape index (κ3) is 1.97. The predicted octanol–water partition coefficient (Wildman–Crippen LogP) is 1.99. The number of carbonyl (C=O) groups is 1. The van der Waals surface area contributed by atoms with Crippen molar-refractivity contribution in [2.45, 2.75) is 39.7 Å². The monoisotopic (exact) mass is 180 g/mol. The van der Waals surface area contributed by atoms with E-state index in [0.717, 1.165) is 12.2 Å². The summed E-state index contributed by atoms with van der Waals surface area (Å²) in [6, 6.07) is -0.0672. The number of Topliss-reactive ketones (excluding diaryl/α,β-unsaturated/α-hetero) is 1. The van der Waals surface area contributed by atoms with Crippen molar-refractivity contribution in [2.75, 3.05) is 0 Å². The van der Waals surface area contributed by atoms with Gasteiger partial charge in [-0.15, -0.1) is 0 Å². The fourth-order valence-corrected chi connectivity index (χ4v) is 1.42. The standard InChI is InChI=1S/C10H16N2O/c1-4-9(13)8(3)12-7-6-11-10(12)5-2/h6-8H,4-5H2,1-3H3. The molecule has 1 rings (SSSR count). The van der Waals surface area contributed by atoms with E-state index in [1.807, 2.05) is 31.5 Å². The number of hydrogen-bond donors (Lipinski definition) is 0. The largest absolute Gasteiger partial charge is 0.325 e.